The van der Waals surface area contributed by atoms with Crippen LogP contribution in [0.1, 0.15) is 22.5 Å². The van der Waals surface area contributed by atoms with Crippen LogP contribution >= 0.6 is 11.3 Å². The summed E-state index contributed by atoms with van der Waals surface area (Å²) in [6.07, 6.45) is 2.31. The number of hydrogen-bond acceptors (Lipinski definition) is 4. The Kier molecular flexibility index (Phi) is 5.12. The summed E-state index contributed by atoms with van der Waals surface area (Å²) in [5.74, 6) is 0.389. The maximum atomic E-state index is 12.1. The Labute approximate surface area is 144 Å². The Morgan fingerprint density at radius 1 is 1.12 bits per heavy atom. The number of benzene rings is 1. The number of thiophene rings is 1. The fourth-order valence-electron chi connectivity index (χ4n) is 2.31. The first-order chi connectivity index (χ1) is 11.6. The first-order valence-electron chi connectivity index (χ1n) is 7.88. The third-order valence-corrected chi connectivity index (χ3v) is 4.82. The van der Waals surface area contributed by atoms with Crippen LogP contribution in [0.2, 0.25) is 0 Å². The van der Waals surface area contributed by atoms with Gasteiger partial charge in [0.25, 0.3) is 5.91 Å². The van der Waals surface area contributed by atoms with Gasteiger partial charge in [-0.3, -0.25) is 10.1 Å². The molecule has 3 rings (SSSR count). The predicted molar refractivity (Wildman–Crippen MR) is 96.4 cm³/mol. The molecule has 1 aliphatic rings. The van der Waals surface area contributed by atoms with Crippen molar-refractivity contribution in [1.82, 2.24) is 5.32 Å². The van der Waals surface area contributed by atoms with Crippen LogP contribution in [0, 0.1) is 5.92 Å². The monoisotopic (exact) mass is 344 g/mol. The predicted octanol–water partition coefficient (Wildman–Crippen LogP) is 2.86. The van der Waals surface area contributed by atoms with Crippen LogP contribution in [0.15, 0.2) is 42.5 Å². The lowest BCUT2D eigenvalue weighted by molar-refractivity contribution is 0.0954. The molecule has 1 fully saturated rings. The highest BCUT2D eigenvalue weighted by Gasteiger charge is 2.28. The summed E-state index contributed by atoms with van der Waals surface area (Å²) in [6.45, 7) is 0.485. The number of anilines is 2. The van der Waals surface area contributed by atoms with Crippen molar-refractivity contribution in [2.75, 3.05) is 17.2 Å². The molecule has 1 aliphatic carbocycles. The maximum Gasteiger partial charge on any atom is 0.324 e. The number of hydrogen-bond donors (Lipinski definition) is 4. The van der Waals surface area contributed by atoms with E-state index >= 15 is 0 Å². The molecule has 6 nitrogen and oxygen atoms in total. The van der Waals surface area contributed by atoms with Gasteiger partial charge in [0, 0.05) is 18.3 Å². The van der Waals surface area contributed by atoms with Gasteiger partial charge in [0.05, 0.1) is 9.88 Å². The van der Waals surface area contributed by atoms with Crippen molar-refractivity contribution < 1.29 is 9.59 Å². The third kappa shape index (κ3) is 4.56. The van der Waals surface area contributed by atoms with Crippen LogP contribution in [-0.4, -0.2) is 24.5 Å². The van der Waals surface area contributed by atoms with Gasteiger partial charge < -0.3 is 16.4 Å². The summed E-state index contributed by atoms with van der Waals surface area (Å²) < 4.78 is 0. The van der Waals surface area contributed by atoms with E-state index in [1.165, 1.54) is 11.3 Å². The van der Waals surface area contributed by atoms with Crippen LogP contribution in [0.4, 0.5) is 15.5 Å². The third-order valence-electron chi connectivity index (χ3n) is 3.82. The molecule has 5 N–H and O–H groups in total. The molecule has 2 aromatic rings. The van der Waals surface area contributed by atoms with Gasteiger partial charge in [-0.2, -0.15) is 0 Å². The summed E-state index contributed by atoms with van der Waals surface area (Å²) in [5.41, 5.74) is 6.68. The first-order valence-corrected chi connectivity index (χ1v) is 8.70. The number of para-hydroxylation sites is 1. The largest absolute Gasteiger partial charge is 0.350 e. The molecule has 0 spiro atoms. The maximum absolute atomic E-state index is 12.1. The van der Waals surface area contributed by atoms with E-state index in [-0.39, 0.29) is 18.0 Å². The lowest BCUT2D eigenvalue weighted by Gasteiger charge is -2.10. The standard InChI is InChI=1S/C17H20N4O2S/c18-13(11-6-7-11)10-19-16(22)14-8-9-15(24-14)21-17(23)20-12-4-2-1-3-5-12/h1-5,8-9,11,13H,6-7,10,18H2,(H,19,22)(H2,20,21,23). The van der Waals surface area contributed by atoms with Crippen molar-refractivity contribution in [1.29, 1.82) is 0 Å². The smallest absolute Gasteiger partial charge is 0.324 e. The van der Waals surface area contributed by atoms with E-state index in [1.54, 1.807) is 24.3 Å². The lowest BCUT2D eigenvalue weighted by atomic mass is 10.2. The van der Waals surface area contributed by atoms with E-state index in [0.717, 1.165) is 12.8 Å². The molecular formula is C17H20N4O2S. The van der Waals surface area contributed by atoms with Crippen molar-refractivity contribution >= 4 is 34.0 Å². The molecular weight excluding hydrogens is 324 g/mol. The van der Waals surface area contributed by atoms with E-state index in [1.807, 2.05) is 18.2 Å². The second-order valence-electron chi connectivity index (χ2n) is 5.82. The Balaban J connectivity index is 1.49. The molecule has 1 unspecified atom stereocenters. The highest BCUT2D eigenvalue weighted by molar-refractivity contribution is 7.18. The van der Waals surface area contributed by atoms with Crippen LogP contribution in [0.5, 0.6) is 0 Å². The van der Waals surface area contributed by atoms with Crippen molar-refractivity contribution in [3.05, 3.63) is 47.3 Å². The number of urea groups is 1. The molecule has 24 heavy (non-hydrogen) atoms. The van der Waals surface area contributed by atoms with Gasteiger partial charge >= 0.3 is 6.03 Å². The molecule has 0 aliphatic heterocycles. The van der Waals surface area contributed by atoms with Crippen LogP contribution < -0.4 is 21.7 Å². The zero-order valence-electron chi connectivity index (χ0n) is 13.1. The number of amides is 3. The van der Waals surface area contributed by atoms with Gasteiger partial charge in [0.2, 0.25) is 0 Å². The summed E-state index contributed by atoms with van der Waals surface area (Å²) in [6, 6.07) is 12.3. The summed E-state index contributed by atoms with van der Waals surface area (Å²) in [7, 11) is 0. The first kappa shape index (κ1) is 16.5. The Morgan fingerprint density at radius 3 is 2.58 bits per heavy atom. The van der Waals surface area contributed by atoms with Crippen LogP contribution in [0.25, 0.3) is 0 Å². The van der Waals surface area contributed by atoms with Crippen LogP contribution in [0.3, 0.4) is 0 Å². The van der Waals surface area contributed by atoms with Gasteiger partial charge in [-0.15, -0.1) is 11.3 Å². The number of carbonyl (C=O) groups excluding carboxylic acids is 2. The van der Waals surface area contributed by atoms with Crippen molar-refractivity contribution in [2.24, 2.45) is 11.7 Å². The second kappa shape index (κ2) is 7.46. The molecule has 126 valence electrons. The minimum absolute atomic E-state index is 0.0307. The summed E-state index contributed by atoms with van der Waals surface area (Å²) in [4.78, 5) is 24.6. The van der Waals surface area contributed by atoms with E-state index in [9.17, 15) is 9.59 Å². The molecule has 0 radical (unpaired) electrons. The number of nitrogens with one attached hydrogen (secondary N) is 3. The minimum Gasteiger partial charge on any atom is -0.350 e. The lowest BCUT2D eigenvalue weighted by Crippen LogP contribution is -2.38. The fourth-order valence-corrected chi connectivity index (χ4v) is 3.13. The molecule has 1 aromatic carbocycles. The summed E-state index contributed by atoms with van der Waals surface area (Å²) in [5, 5.41) is 8.91. The molecule has 1 aromatic heterocycles. The molecule has 3 amide bonds. The number of rotatable bonds is 6. The average molecular weight is 344 g/mol. The van der Waals surface area contributed by atoms with E-state index in [4.69, 9.17) is 5.73 Å². The molecule has 1 atom stereocenters. The molecule has 0 saturated heterocycles. The Morgan fingerprint density at radius 2 is 1.88 bits per heavy atom. The van der Waals surface area contributed by atoms with Crippen molar-refractivity contribution in [3.8, 4) is 0 Å². The highest BCUT2D eigenvalue weighted by Crippen LogP contribution is 2.31. The van der Waals surface area contributed by atoms with E-state index in [0.29, 0.717) is 28.0 Å². The minimum atomic E-state index is -0.342. The summed E-state index contributed by atoms with van der Waals surface area (Å²) >= 11 is 1.23. The molecule has 7 heteroatoms. The van der Waals surface area contributed by atoms with Gasteiger partial charge in [-0.25, -0.2) is 4.79 Å². The quantitative estimate of drug-likeness (QED) is 0.649. The van der Waals surface area contributed by atoms with E-state index < -0.39 is 0 Å². The van der Waals surface area contributed by atoms with Gasteiger partial charge in [0.15, 0.2) is 0 Å². The average Bonchev–Trinajstić information content (AvgIpc) is 3.33. The zero-order chi connectivity index (χ0) is 16.9. The van der Waals surface area contributed by atoms with Crippen molar-refractivity contribution in [2.45, 2.75) is 18.9 Å². The Hall–Kier alpha value is -2.38. The SMILES string of the molecule is NC(CNC(=O)c1ccc(NC(=O)Nc2ccccc2)s1)C1CC1. The van der Waals surface area contributed by atoms with Crippen molar-refractivity contribution in [3.63, 3.8) is 0 Å². The fraction of sp³-hybridized carbons (Fsp3) is 0.294. The topological polar surface area (TPSA) is 96.2 Å². The highest BCUT2D eigenvalue weighted by atomic mass is 32.1. The van der Waals surface area contributed by atoms with Gasteiger partial charge in [0.1, 0.15) is 0 Å². The van der Waals surface area contributed by atoms with Crippen LogP contribution in [-0.2, 0) is 0 Å². The number of carbonyl (C=O) groups is 2. The molecule has 1 saturated carbocycles. The molecule has 0 bridgehead atoms. The molecule has 1 heterocycles. The number of nitrogens with two attached hydrogens (primary N) is 1. The second-order valence-corrected chi connectivity index (χ2v) is 6.90. The van der Waals surface area contributed by atoms with E-state index in [2.05, 4.69) is 16.0 Å². The van der Waals surface area contributed by atoms with Gasteiger partial charge in [-0.1, -0.05) is 18.2 Å². The normalized spacial score (nSPS) is 14.7. The van der Waals surface area contributed by atoms with Gasteiger partial charge in [-0.05, 0) is 43.0 Å². The Bertz CT molecular complexity index is 712. The zero-order valence-corrected chi connectivity index (χ0v) is 13.9.